The fraction of sp³-hybridized carbons (Fsp3) is 0.615. The van der Waals surface area contributed by atoms with Crippen LogP contribution in [0.4, 0.5) is 5.95 Å². The van der Waals surface area contributed by atoms with Gasteiger partial charge in [0.15, 0.2) is 5.82 Å². The first-order valence-corrected chi connectivity index (χ1v) is 7.02. The Hall–Kier alpha value is -1.89. The van der Waals surface area contributed by atoms with Crippen molar-refractivity contribution < 1.29 is 4.52 Å². The molecule has 0 saturated carbocycles. The Morgan fingerprint density at radius 1 is 1.55 bits per heavy atom. The Labute approximate surface area is 117 Å². The van der Waals surface area contributed by atoms with Gasteiger partial charge in [-0.15, -0.1) is 5.10 Å². The molecule has 0 radical (unpaired) electrons. The van der Waals surface area contributed by atoms with E-state index in [0.717, 1.165) is 31.3 Å². The molecule has 7 nitrogen and oxygen atoms in total. The summed E-state index contributed by atoms with van der Waals surface area (Å²) < 4.78 is 5.20. The summed E-state index contributed by atoms with van der Waals surface area (Å²) in [6.45, 7) is 4.92. The highest BCUT2D eigenvalue weighted by atomic mass is 16.5. The van der Waals surface area contributed by atoms with Crippen molar-refractivity contribution in [3.05, 3.63) is 11.8 Å². The number of piperidine rings is 1. The lowest BCUT2D eigenvalue weighted by Crippen LogP contribution is -2.39. The zero-order valence-electron chi connectivity index (χ0n) is 11.9. The first kappa shape index (κ1) is 13.1. The van der Waals surface area contributed by atoms with E-state index in [2.05, 4.69) is 30.6 Å². The molecule has 7 heteroatoms. The molecule has 20 heavy (non-hydrogen) atoms. The number of anilines is 1. The van der Waals surface area contributed by atoms with Crippen molar-refractivity contribution in [3.63, 3.8) is 0 Å². The number of aromatic nitrogens is 4. The van der Waals surface area contributed by atoms with Gasteiger partial charge in [-0.3, -0.25) is 5.10 Å². The molecule has 0 aromatic carbocycles. The van der Waals surface area contributed by atoms with Gasteiger partial charge in [-0.05, 0) is 39.3 Å². The Morgan fingerprint density at radius 3 is 3.20 bits per heavy atom. The van der Waals surface area contributed by atoms with Gasteiger partial charge >= 0.3 is 0 Å². The molecule has 3 heterocycles. The number of hydrogen-bond acceptors (Lipinski definition) is 6. The summed E-state index contributed by atoms with van der Waals surface area (Å²) in [4.78, 5) is 6.75. The third-order valence-corrected chi connectivity index (χ3v) is 3.63. The summed E-state index contributed by atoms with van der Waals surface area (Å²) in [5, 5.41) is 14.3. The van der Waals surface area contributed by atoms with Crippen molar-refractivity contribution in [2.75, 3.05) is 31.6 Å². The lowest BCUT2D eigenvalue weighted by molar-refractivity contribution is 0.399. The Balaban J connectivity index is 1.73. The molecular formula is C13H20N6O. The van der Waals surface area contributed by atoms with E-state index in [4.69, 9.17) is 4.52 Å². The number of aryl methyl sites for hydroxylation is 1. The highest BCUT2D eigenvalue weighted by molar-refractivity contribution is 5.49. The van der Waals surface area contributed by atoms with Crippen molar-refractivity contribution in [2.24, 2.45) is 5.92 Å². The van der Waals surface area contributed by atoms with Gasteiger partial charge in [0.05, 0.1) is 5.69 Å². The molecule has 1 aliphatic rings. The minimum Gasteiger partial charge on any atom is -0.353 e. The van der Waals surface area contributed by atoms with Crippen LogP contribution in [0, 0.1) is 12.8 Å². The van der Waals surface area contributed by atoms with Crippen LogP contribution >= 0.6 is 0 Å². The van der Waals surface area contributed by atoms with E-state index in [-0.39, 0.29) is 0 Å². The predicted molar refractivity (Wildman–Crippen MR) is 75.5 cm³/mol. The van der Waals surface area contributed by atoms with Crippen molar-refractivity contribution in [3.8, 4) is 11.6 Å². The second kappa shape index (κ2) is 5.62. The average molecular weight is 276 g/mol. The Kier molecular flexibility index (Phi) is 3.68. The zero-order valence-corrected chi connectivity index (χ0v) is 11.9. The first-order valence-electron chi connectivity index (χ1n) is 7.02. The van der Waals surface area contributed by atoms with Gasteiger partial charge in [0.2, 0.25) is 11.7 Å². The number of H-pyrrole nitrogens is 1. The summed E-state index contributed by atoms with van der Waals surface area (Å²) in [6, 6.07) is 1.85. The summed E-state index contributed by atoms with van der Waals surface area (Å²) in [5.41, 5.74) is 0.838. The molecule has 0 amide bonds. The average Bonchev–Trinajstić information content (AvgIpc) is 3.08. The van der Waals surface area contributed by atoms with Crippen LogP contribution < -0.4 is 10.2 Å². The van der Waals surface area contributed by atoms with Gasteiger partial charge in [-0.1, -0.05) is 5.16 Å². The molecule has 2 N–H and O–H groups in total. The predicted octanol–water partition coefficient (Wildman–Crippen LogP) is 1.20. The van der Waals surface area contributed by atoms with Crippen molar-refractivity contribution in [1.82, 2.24) is 25.7 Å². The maximum atomic E-state index is 5.20. The minimum atomic E-state index is 0.630. The molecule has 0 bridgehead atoms. The minimum absolute atomic E-state index is 0.630. The van der Waals surface area contributed by atoms with Gasteiger partial charge in [-0.2, -0.15) is 4.98 Å². The normalized spacial score (nSPS) is 19.5. The molecule has 1 aliphatic heterocycles. The van der Waals surface area contributed by atoms with Crippen LogP contribution in [0.1, 0.15) is 18.5 Å². The fourth-order valence-corrected chi connectivity index (χ4v) is 2.68. The van der Waals surface area contributed by atoms with Crippen molar-refractivity contribution in [1.29, 1.82) is 0 Å². The standard InChI is InChI=1S/C13H20N6O/c1-9-6-11(20-18-9)12-15-13(17-16-12)19-5-3-4-10(8-19)7-14-2/h6,10,14H,3-5,7-8H2,1-2H3,(H,15,16,17). The van der Waals surface area contributed by atoms with E-state index < -0.39 is 0 Å². The fourth-order valence-electron chi connectivity index (χ4n) is 2.68. The van der Waals surface area contributed by atoms with Gasteiger partial charge in [0, 0.05) is 19.2 Å². The van der Waals surface area contributed by atoms with Crippen LogP contribution in [-0.2, 0) is 0 Å². The molecule has 0 spiro atoms. The Morgan fingerprint density at radius 2 is 2.45 bits per heavy atom. The van der Waals surface area contributed by atoms with Crippen LogP contribution in [-0.4, -0.2) is 47.0 Å². The van der Waals surface area contributed by atoms with Gasteiger partial charge in [0.1, 0.15) is 0 Å². The monoisotopic (exact) mass is 276 g/mol. The third-order valence-electron chi connectivity index (χ3n) is 3.63. The maximum Gasteiger partial charge on any atom is 0.245 e. The molecule has 1 saturated heterocycles. The molecule has 2 aromatic heterocycles. The third kappa shape index (κ3) is 2.67. The second-order valence-corrected chi connectivity index (χ2v) is 5.33. The number of rotatable bonds is 4. The summed E-state index contributed by atoms with van der Waals surface area (Å²) in [7, 11) is 2.00. The summed E-state index contributed by atoms with van der Waals surface area (Å²) in [6.07, 6.45) is 2.44. The van der Waals surface area contributed by atoms with Crippen LogP contribution in [0.15, 0.2) is 10.6 Å². The smallest absolute Gasteiger partial charge is 0.245 e. The van der Waals surface area contributed by atoms with Gasteiger partial charge in [-0.25, -0.2) is 0 Å². The lowest BCUT2D eigenvalue weighted by Gasteiger charge is -2.31. The van der Waals surface area contributed by atoms with Crippen LogP contribution in [0.2, 0.25) is 0 Å². The first-order chi connectivity index (χ1) is 9.76. The van der Waals surface area contributed by atoms with Crippen LogP contribution in [0.25, 0.3) is 11.6 Å². The Bertz CT molecular complexity index is 561. The van der Waals surface area contributed by atoms with Gasteiger partial charge in [0.25, 0.3) is 0 Å². The number of nitrogens with one attached hydrogen (secondary N) is 2. The maximum absolute atomic E-state index is 5.20. The van der Waals surface area contributed by atoms with Crippen molar-refractivity contribution >= 4 is 5.95 Å². The highest BCUT2D eigenvalue weighted by Crippen LogP contribution is 2.22. The number of nitrogens with zero attached hydrogens (tertiary/aromatic N) is 4. The number of hydrogen-bond donors (Lipinski definition) is 2. The lowest BCUT2D eigenvalue weighted by atomic mass is 9.98. The van der Waals surface area contributed by atoms with Crippen LogP contribution in [0.3, 0.4) is 0 Å². The van der Waals surface area contributed by atoms with E-state index in [1.54, 1.807) is 0 Å². The van der Waals surface area contributed by atoms with E-state index >= 15 is 0 Å². The van der Waals surface area contributed by atoms with E-state index in [1.807, 2.05) is 20.0 Å². The van der Waals surface area contributed by atoms with Crippen LogP contribution in [0.5, 0.6) is 0 Å². The SMILES string of the molecule is CNCC1CCCN(c2n[nH]c(-c3cc(C)no3)n2)C1. The second-order valence-electron chi connectivity index (χ2n) is 5.33. The molecule has 1 unspecified atom stereocenters. The van der Waals surface area contributed by atoms with E-state index in [1.165, 1.54) is 12.8 Å². The summed E-state index contributed by atoms with van der Waals surface area (Å²) >= 11 is 0. The molecule has 108 valence electrons. The van der Waals surface area contributed by atoms with Crippen molar-refractivity contribution in [2.45, 2.75) is 19.8 Å². The topological polar surface area (TPSA) is 82.9 Å². The van der Waals surface area contributed by atoms with E-state index in [0.29, 0.717) is 17.5 Å². The van der Waals surface area contributed by atoms with E-state index in [9.17, 15) is 0 Å². The quantitative estimate of drug-likeness (QED) is 0.873. The molecule has 1 atom stereocenters. The highest BCUT2D eigenvalue weighted by Gasteiger charge is 2.22. The van der Waals surface area contributed by atoms with Gasteiger partial charge < -0.3 is 14.7 Å². The largest absolute Gasteiger partial charge is 0.353 e. The molecule has 3 rings (SSSR count). The number of aromatic amines is 1. The summed E-state index contributed by atoms with van der Waals surface area (Å²) in [5.74, 6) is 2.67. The zero-order chi connectivity index (χ0) is 13.9. The molecule has 1 fully saturated rings. The molecule has 2 aromatic rings. The molecular weight excluding hydrogens is 256 g/mol. The molecule has 0 aliphatic carbocycles.